The van der Waals surface area contributed by atoms with E-state index < -0.39 is 0 Å². The first-order chi connectivity index (χ1) is 13.6. The number of carbonyl (C=O) groups excluding carboxylic acids is 2. The minimum atomic E-state index is -0.301. The van der Waals surface area contributed by atoms with Crippen LogP contribution in [-0.4, -0.2) is 61.1 Å². The van der Waals surface area contributed by atoms with E-state index in [2.05, 4.69) is 20.5 Å². The second-order valence-electron chi connectivity index (χ2n) is 6.81. The van der Waals surface area contributed by atoms with Crippen molar-refractivity contribution >= 4 is 11.8 Å². The van der Waals surface area contributed by atoms with Gasteiger partial charge in [-0.1, -0.05) is 29.8 Å². The number of hydrogen-bond donors (Lipinski definition) is 2. The van der Waals surface area contributed by atoms with Crippen LogP contribution < -0.4 is 10.6 Å². The van der Waals surface area contributed by atoms with E-state index in [1.165, 1.54) is 12.3 Å². The molecule has 3 rings (SSSR count). The lowest BCUT2D eigenvalue weighted by atomic mass is 10.1. The smallest absolute Gasteiger partial charge is 0.270 e. The van der Waals surface area contributed by atoms with E-state index in [-0.39, 0.29) is 17.5 Å². The number of nitrogens with zero attached hydrogens (tertiary/aromatic N) is 2. The molecule has 2 aromatic rings. The van der Waals surface area contributed by atoms with Crippen LogP contribution in [-0.2, 0) is 11.3 Å². The van der Waals surface area contributed by atoms with E-state index in [0.717, 1.165) is 44.0 Å². The van der Waals surface area contributed by atoms with Gasteiger partial charge in [-0.25, -0.2) is 0 Å². The maximum Gasteiger partial charge on any atom is 0.270 e. The Morgan fingerprint density at radius 3 is 2.71 bits per heavy atom. The maximum absolute atomic E-state index is 12.4. The molecule has 7 nitrogen and oxygen atoms in total. The number of ether oxygens (including phenoxy) is 1. The topological polar surface area (TPSA) is 83.6 Å². The molecule has 7 heteroatoms. The average Bonchev–Trinajstić information content (AvgIpc) is 2.73. The largest absolute Gasteiger partial charge is 0.379 e. The molecule has 0 atom stereocenters. The van der Waals surface area contributed by atoms with E-state index >= 15 is 0 Å². The third-order valence-corrected chi connectivity index (χ3v) is 4.61. The molecular weight excluding hydrogens is 356 g/mol. The van der Waals surface area contributed by atoms with Crippen LogP contribution in [0.1, 0.15) is 32.0 Å². The van der Waals surface area contributed by atoms with Crippen molar-refractivity contribution in [1.29, 1.82) is 0 Å². The van der Waals surface area contributed by atoms with Crippen molar-refractivity contribution < 1.29 is 14.3 Å². The summed E-state index contributed by atoms with van der Waals surface area (Å²) in [5, 5.41) is 5.74. The molecule has 1 aromatic carbocycles. The first kappa shape index (κ1) is 20.0. The van der Waals surface area contributed by atoms with Crippen LogP contribution in [0.4, 0.5) is 0 Å². The highest BCUT2D eigenvalue weighted by molar-refractivity contribution is 5.98. The number of morpholine rings is 1. The van der Waals surface area contributed by atoms with Crippen molar-refractivity contribution in [3.05, 3.63) is 65.0 Å². The minimum Gasteiger partial charge on any atom is -0.379 e. The summed E-state index contributed by atoms with van der Waals surface area (Å²) < 4.78 is 5.31. The molecule has 1 saturated heterocycles. The minimum absolute atomic E-state index is 0.205. The third kappa shape index (κ3) is 5.87. The Hall–Kier alpha value is -2.77. The summed E-state index contributed by atoms with van der Waals surface area (Å²) >= 11 is 0. The molecule has 0 spiro atoms. The lowest BCUT2D eigenvalue weighted by molar-refractivity contribution is 0.0383. The summed E-state index contributed by atoms with van der Waals surface area (Å²) in [7, 11) is 0. The van der Waals surface area contributed by atoms with Gasteiger partial charge in [0.1, 0.15) is 5.69 Å². The molecule has 1 aliphatic heterocycles. The van der Waals surface area contributed by atoms with Gasteiger partial charge in [-0.15, -0.1) is 0 Å². The van der Waals surface area contributed by atoms with Gasteiger partial charge >= 0.3 is 0 Å². The molecule has 1 aromatic heterocycles. The van der Waals surface area contributed by atoms with Gasteiger partial charge in [0.15, 0.2) is 0 Å². The molecule has 0 saturated carbocycles. The zero-order chi connectivity index (χ0) is 19.8. The SMILES string of the molecule is Cc1cccc(CNC(=O)c2cc(C(=O)NCCN3CCOCC3)ccn2)c1. The molecule has 2 amide bonds. The molecule has 0 radical (unpaired) electrons. The fraction of sp³-hybridized carbons (Fsp3) is 0.381. The fourth-order valence-electron chi connectivity index (χ4n) is 3.05. The average molecular weight is 382 g/mol. The number of benzene rings is 1. The zero-order valence-electron chi connectivity index (χ0n) is 16.1. The Balaban J connectivity index is 1.50. The maximum atomic E-state index is 12.4. The van der Waals surface area contributed by atoms with Gasteiger partial charge < -0.3 is 15.4 Å². The first-order valence-electron chi connectivity index (χ1n) is 9.50. The number of aromatic nitrogens is 1. The number of rotatable bonds is 7. The predicted molar refractivity (Wildman–Crippen MR) is 106 cm³/mol. The highest BCUT2D eigenvalue weighted by Gasteiger charge is 2.13. The van der Waals surface area contributed by atoms with E-state index in [1.54, 1.807) is 6.07 Å². The zero-order valence-corrected chi connectivity index (χ0v) is 16.1. The lowest BCUT2D eigenvalue weighted by Crippen LogP contribution is -2.41. The van der Waals surface area contributed by atoms with Crippen LogP contribution in [0.5, 0.6) is 0 Å². The van der Waals surface area contributed by atoms with Crippen molar-refractivity contribution in [3.63, 3.8) is 0 Å². The molecule has 1 aliphatic rings. The molecule has 28 heavy (non-hydrogen) atoms. The highest BCUT2D eigenvalue weighted by Crippen LogP contribution is 2.06. The Bertz CT molecular complexity index is 819. The van der Waals surface area contributed by atoms with Crippen LogP contribution in [0.25, 0.3) is 0 Å². The molecular formula is C21H26N4O3. The third-order valence-electron chi connectivity index (χ3n) is 4.61. The summed E-state index contributed by atoms with van der Waals surface area (Å²) in [6.07, 6.45) is 1.48. The van der Waals surface area contributed by atoms with E-state index in [4.69, 9.17) is 4.74 Å². The molecule has 0 bridgehead atoms. The van der Waals surface area contributed by atoms with Gasteiger partial charge in [-0.05, 0) is 24.6 Å². The highest BCUT2D eigenvalue weighted by atomic mass is 16.5. The predicted octanol–water partition coefficient (Wildman–Crippen LogP) is 1.38. The number of pyridine rings is 1. The Kier molecular flexibility index (Phi) is 7.11. The fourth-order valence-corrected chi connectivity index (χ4v) is 3.05. The van der Waals surface area contributed by atoms with Gasteiger partial charge in [0.05, 0.1) is 13.2 Å². The van der Waals surface area contributed by atoms with Crippen molar-refractivity contribution in [2.75, 3.05) is 39.4 Å². The van der Waals surface area contributed by atoms with Crippen molar-refractivity contribution in [3.8, 4) is 0 Å². The molecule has 2 N–H and O–H groups in total. The number of amides is 2. The summed E-state index contributed by atoms with van der Waals surface area (Å²) in [6, 6.07) is 11.1. The Morgan fingerprint density at radius 1 is 1.11 bits per heavy atom. The van der Waals surface area contributed by atoms with Crippen molar-refractivity contribution in [2.24, 2.45) is 0 Å². The Labute approximate surface area is 165 Å². The molecule has 148 valence electrons. The second kappa shape index (κ2) is 9.96. The van der Waals surface area contributed by atoms with Crippen LogP contribution in [0.15, 0.2) is 42.6 Å². The Morgan fingerprint density at radius 2 is 1.93 bits per heavy atom. The van der Waals surface area contributed by atoms with E-state index in [9.17, 15) is 9.59 Å². The lowest BCUT2D eigenvalue weighted by Gasteiger charge is -2.26. The monoisotopic (exact) mass is 382 g/mol. The summed E-state index contributed by atoms with van der Waals surface area (Å²) in [6.45, 7) is 7.00. The first-order valence-corrected chi connectivity index (χ1v) is 9.50. The molecule has 0 aliphatic carbocycles. The van der Waals surface area contributed by atoms with Gasteiger partial charge in [0, 0.05) is 44.5 Å². The summed E-state index contributed by atoms with van der Waals surface area (Å²) in [4.78, 5) is 31.1. The van der Waals surface area contributed by atoms with Crippen molar-refractivity contribution in [1.82, 2.24) is 20.5 Å². The van der Waals surface area contributed by atoms with E-state index in [1.807, 2.05) is 31.2 Å². The van der Waals surface area contributed by atoms with Gasteiger partial charge in [0.2, 0.25) is 0 Å². The molecule has 2 heterocycles. The van der Waals surface area contributed by atoms with Gasteiger partial charge in [-0.3, -0.25) is 19.5 Å². The molecule has 0 unspecified atom stereocenters. The molecule has 1 fully saturated rings. The summed E-state index contributed by atoms with van der Waals surface area (Å²) in [5.74, 6) is -0.507. The van der Waals surface area contributed by atoms with Crippen LogP contribution >= 0.6 is 0 Å². The number of nitrogens with one attached hydrogen (secondary N) is 2. The van der Waals surface area contributed by atoms with Crippen molar-refractivity contribution in [2.45, 2.75) is 13.5 Å². The van der Waals surface area contributed by atoms with Crippen LogP contribution in [0.2, 0.25) is 0 Å². The number of hydrogen-bond acceptors (Lipinski definition) is 5. The summed E-state index contributed by atoms with van der Waals surface area (Å²) in [5.41, 5.74) is 2.82. The standard InChI is InChI=1S/C21H26N4O3/c1-16-3-2-4-17(13-16)15-24-21(27)19-14-18(5-6-22-19)20(26)23-7-8-25-9-11-28-12-10-25/h2-6,13-14H,7-12,15H2,1H3,(H,23,26)(H,24,27). The van der Waals surface area contributed by atoms with Gasteiger partial charge in [0.25, 0.3) is 11.8 Å². The normalized spacial score (nSPS) is 14.5. The quantitative estimate of drug-likeness (QED) is 0.756. The van der Waals surface area contributed by atoms with Crippen LogP contribution in [0, 0.1) is 6.92 Å². The van der Waals surface area contributed by atoms with E-state index in [0.29, 0.717) is 18.7 Å². The van der Waals surface area contributed by atoms with Crippen LogP contribution in [0.3, 0.4) is 0 Å². The number of aryl methyl sites for hydroxylation is 1. The second-order valence-corrected chi connectivity index (χ2v) is 6.81. The van der Waals surface area contributed by atoms with Gasteiger partial charge in [-0.2, -0.15) is 0 Å². The number of carbonyl (C=O) groups is 2.